The van der Waals surface area contributed by atoms with Crippen molar-refractivity contribution in [2.45, 2.75) is 31.3 Å². The van der Waals surface area contributed by atoms with Gasteiger partial charge in [-0.25, -0.2) is 4.98 Å². The number of pyridine rings is 1. The largest absolute Gasteiger partial charge is 0.384 e. The molecule has 3 nitrogen and oxygen atoms in total. The Balaban J connectivity index is 2.55. The molecule has 1 aromatic rings. The van der Waals surface area contributed by atoms with Gasteiger partial charge in [0.1, 0.15) is 10.8 Å². The molecule has 4 heteroatoms. The molecule has 0 bridgehead atoms. The number of nitrogens with zero attached hydrogens (tertiary/aromatic N) is 1. The summed E-state index contributed by atoms with van der Waals surface area (Å²) in [6.45, 7) is 6.31. The first kappa shape index (κ1) is 10.3. The summed E-state index contributed by atoms with van der Waals surface area (Å²) in [5.74, 6) is 0.556. The van der Waals surface area contributed by atoms with Gasteiger partial charge in [-0.3, -0.25) is 4.72 Å². The molecule has 13 heavy (non-hydrogen) atoms. The summed E-state index contributed by atoms with van der Waals surface area (Å²) < 4.78 is 3.26. The van der Waals surface area contributed by atoms with Crippen LogP contribution < -0.4 is 10.5 Å². The molecule has 1 heterocycles. The van der Waals surface area contributed by atoms with E-state index in [4.69, 9.17) is 5.73 Å². The van der Waals surface area contributed by atoms with Crippen LogP contribution in [0.25, 0.3) is 0 Å². The van der Waals surface area contributed by atoms with Crippen LogP contribution in [-0.4, -0.2) is 10.5 Å². The van der Waals surface area contributed by atoms with Crippen LogP contribution in [0.15, 0.2) is 23.2 Å². The van der Waals surface area contributed by atoms with Gasteiger partial charge in [0.25, 0.3) is 0 Å². The highest BCUT2D eigenvalue weighted by atomic mass is 32.2. The van der Waals surface area contributed by atoms with Crippen LogP contribution in [0.4, 0.5) is 5.82 Å². The third-order valence-electron chi connectivity index (χ3n) is 1.21. The van der Waals surface area contributed by atoms with E-state index in [-0.39, 0.29) is 5.54 Å². The van der Waals surface area contributed by atoms with Gasteiger partial charge in [-0.1, -0.05) is 6.07 Å². The van der Waals surface area contributed by atoms with Crippen molar-refractivity contribution >= 4 is 17.8 Å². The monoisotopic (exact) mass is 197 g/mol. The summed E-state index contributed by atoms with van der Waals surface area (Å²) in [5, 5.41) is 0.898. The summed E-state index contributed by atoms with van der Waals surface area (Å²) in [7, 11) is 0. The maximum Gasteiger partial charge on any atom is 0.124 e. The summed E-state index contributed by atoms with van der Waals surface area (Å²) in [4.78, 5) is 4.15. The van der Waals surface area contributed by atoms with Gasteiger partial charge < -0.3 is 5.73 Å². The van der Waals surface area contributed by atoms with E-state index >= 15 is 0 Å². The van der Waals surface area contributed by atoms with Gasteiger partial charge in [0.15, 0.2) is 0 Å². The zero-order valence-electron chi connectivity index (χ0n) is 8.16. The highest BCUT2D eigenvalue weighted by Gasteiger charge is 2.09. The molecule has 1 rings (SSSR count). The Morgan fingerprint density at radius 3 is 2.62 bits per heavy atom. The maximum absolute atomic E-state index is 5.55. The first-order valence-electron chi connectivity index (χ1n) is 4.14. The number of nitrogens with one attached hydrogen (secondary N) is 1. The third-order valence-corrected chi connectivity index (χ3v) is 2.36. The standard InChI is InChI=1S/C9H15N3S/c1-9(2,3)12-13-8-6-4-5-7(10)11-8/h4-6,12H,1-3H3,(H2,10,11). The molecular formula is C9H15N3S. The second-order valence-corrected chi connectivity index (χ2v) is 4.68. The fourth-order valence-electron chi connectivity index (χ4n) is 0.693. The summed E-state index contributed by atoms with van der Waals surface area (Å²) in [5.41, 5.74) is 5.63. The van der Waals surface area contributed by atoms with E-state index in [9.17, 15) is 0 Å². The summed E-state index contributed by atoms with van der Waals surface area (Å²) in [6.07, 6.45) is 0. The average Bonchev–Trinajstić information content (AvgIpc) is 2.00. The Morgan fingerprint density at radius 1 is 1.38 bits per heavy atom. The quantitative estimate of drug-likeness (QED) is 0.713. The highest BCUT2D eigenvalue weighted by Crippen LogP contribution is 2.16. The molecule has 0 saturated carbocycles. The molecule has 0 aliphatic rings. The van der Waals surface area contributed by atoms with E-state index in [1.54, 1.807) is 6.07 Å². The highest BCUT2D eigenvalue weighted by molar-refractivity contribution is 7.97. The van der Waals surface area contributed by atoms with Gasteiger partial charge >= 0.3 is 0 Å². The third kappa shape index (κ3) is 4.15. The smallest absolute Gasteiger partial charge is 0.124 e. The molecule has 0 atom stereocenters. The number of anilines is 1. The molecule has 0 unspecified atom stereocenters. The number of nitrogen functional groups attached to an aromatic ring is 1. The van der Waals surface area contributed by atoms with Crippen molar-refractivity contribution < 1.29 is 0 Å². The Morgan fingerprint density at radius 2 is 2.08 bits per heavy atom. The first-order valence-corrected chi connectivity index (χ1v) is 4.95. The lowest BCUT2D eigenvalue weighted by atomic mass is 10.1. The zero-order valence-corrected chi connectivity index (χ0v) is 8.98. The van der Waals surface area contributed by atoms with Gasteiger partial charge in [0.05, 0.1) is 0 Å². The van der Waals surface area contributed by atoms with Crippen molar-refractivity contribution in [2.24, 2.45) is 0 Å². The van der Waals surface area contributed by atoms with Crippen molar-refractivity contribution in [1.29, 1.82) is 0 Å². The second-order valence-electron chi connectivity index (χ2n) is 3.85. The lowest BCUT2D eigenvalue weighted by Crippen LogP contribution is -2.29. The lowest BCUT2D eigenvalue weighted by Gasteiger charge is -2.18. The molecule has 0 amide bonds. The van der Waals surface area contributed by atoms with Gasteiger partial charge in [-0.15, -0.1) is 0 Å². The average molecular weight is 197 g/mol. The molecule has 0 aliphatic heterocycles. The van der Waals surface area contributed by atoms with Crippen molar-refractivity contribution in [3.63, 3.8) is 0 Å². The number of rotatable bonds is 2. The first-order chi connectivity index (χ1) is 5.97. The van der Waals surface area contributed by atoms with Gasteiger partial charge in [-0.05, 0) is 44.9 Å². The number of hydrogen-bond acceptors (Lipinski definition) is 4. The minimum Gasteiger partial charge on any atom is -0.384 e. The van der Waals surface area contributed by atoms with Crippen molar-refractivity contribution in [1.82, 2.24) is 9.71 Å². The van der Waals surface area contributed by atoms with E-state index < -0.39 is 0 Å². The Hall–Kier alpha value is -0.740. The van der Waals surface area contributed by atoms with Gasteiger partial charge in [0, 0.05) is 5.54 Å². The topological polar surface area (TPSA) is 50.9 Å². The molecule has 1 aromatic heterocycles. The second kappa shape index (κ2) is 3.98. The van der Waals surface area contributed by atoms with Gasteiger partial charge in [-0.2, -0.15) is 0 Å². The molecule has 0 spiro atoms. The fraction of sp³-hybridized carbons (Fsp3) is 0.444. The van der Waals surface area contributed by atoms with Crippen molar-refractivity contribution in [3.8, 4) is 0 Å². The van der Waals surface area contributed by atoms with Crippen molar-refractivity contribution in [2.75, 3.05) is 5.73 Å². The van der Waals surface area contributed by atoms with Crippen LogP contribution in [-0.2, 0) is 0 Å². The molecule has 0 radical (unpaired) electrons. The predicted molar refractivity (Wildman–Crippen MR) is 57.4 cm³/mol. The number of nitrogens with two attached hydrogens (primary N) is 1. The summed E-state index contributed by atoms with van der Waals surface area (Å²) in [6, 6.07) is 5.61. The van der Waals surface area contributed by atoms with Crippen LogP contribution in [0.2, 0.25) is 0 Å². The lowest BCUT2D eigenvalue weighted by molar-refractivity contribution is 0.535. The number of aromatic nitrogens is 1. The molecule has 0 fully saturated rings. The number of hydrogen-bond donors (Lipinski definition) is 2. The van der Waals surface area contributed by atoms with Crippen LogP contribution in [0.5, 0.6) is 0 Å². The van der Waals surface area contributed by atoms with E-state index in [1.807, 2.05) is 12.1 Å². The molecule has 3 N–H and O–H groups in total. The van der Waals surface area contributed by atoms with Crippen LogP contribution in [0, 0.1) is 0 Å². The molecule has 72 valence electrons. The van der Waals surface area contributed by atoms with Crippen LogP contribution in [0.3, 0.4) is 0 Å². The fourth-order valence-corrected chi connectivity index (χ4v) is 1.40. The van der Waals surface area contributed by atoms with E-state index in [2.05, 4.69) is 30.5 Å². The van der Waals surface area contributed by atoms with E-state index in [0.717, 1.165) is 5.03 Å². The Labute approximate surface area is 83.3 Å². The van der Waals surface area contributed by atoms with Crippen LogP contribution in [0.1, 0.15) is 20.8 Å². The Kier molecular flexibility index (Phi) is 3.17. The summed E-state index contributed by atoms with van der Waals surface area (Å²) >= 11 is 1.50. The van der Waals surface area contributed by atoms with Crippen molar-refractivity contribution in [3.05, 3.63) is 18.2 Å². The minimum absolute atomic E-state index is 0.0803. The molecule has 0 saturated heterocycles. The normalized spacial score (nSPS) is 11.6. The zero-order chi connectivity index (χ0) is 9.90. The molecule has 0 aromatic carbocycles. The predicted octanol–water partition coefficient (Wildman–Crippen LogP) is 2.06. The van der Waals surface area contributed by atoms with Gasteiger partial charge in [0.2, 0.25) is 0 Å². The minimum atomic E-state index is 0.0803. The van der Waals surface area contributed by atoms with E-state index in [0.29, 0.717) is 5.82 Å². The Bertz CT molecular complexity index is 280. The van der Waals surface area contributed by atoms with Crippen LogP contribution >= 0.6 is 11.9 Å². The molecular weight excluding hydrogens is 182 g/mol. The maximum atomic E-state index is 5.55. The van der Waals surface area contributed by atoms with E-state index in [1.165, 1.54) is 11.9 Å². The SMILES string of the molecule is CC(C)(C)NSc1cccc(N)n1. The molecule has 0 aliphatic carbocycles.